The molecule has 2 nitrogen and oxygen atoms in total. The molecular formula is C14H18O2. The topological polar surface area (TPSA) is 26.3 Å². The number of carbonyl (C=O) groups is 1. The van der Waals surface area contributed by atoms with Gasteiger partial charge in [0.15, 0.2) is 0 Å². The molecule has 0 N–H and O–H groups in total. The molecule has 0 saturated heterocycles. The van der Waals surface area contributed by atoms with Crippen molar-refractivity contribution in [2.75, 3.05) is 6.61 Å². The van der Waals surface area contributed by atoms with Crippen molar-refractivity contribution in [3.8, 4) is 0 Å². The summed E-state index contributed by atoms with van der Waals surface area (Å²) in [7, 11) is 0. The van der Waals surface area contributed by atoms with Crippen LogP contribution in [0.3, 0.4) is 0 Å². The van der Waals surface area contributed by atoms with Crippen LogP contribution in [-0.2, 0) is 14.9 Å². The van der Waals surface area contributed by atoms with E-state index >= 15 is 0 Å². The van der Waals surface area contributed by atoms with Crippen molar-refractivity contribution < 1.29 is 9.53 Å². The molecule has 1 fully saturated rings. The molecule has 0 heterocycles. The Morgan fingerprint density at radius 3 is 2.56 bits per heavy atom. The van der Waals surface area contributed by atoms with Crippen molar-refractivity contribution in [2.45, 2.75) is 32.1 Å². The van der Waals surface area contributed by atoms with Crippen molar-refractivity contribution >= 4 is 5.97 Å². The average Bonchev–Trinajstić information content (AvgIpc) is 3.06. The summed E-state index contributed by atoms with van der Waals surface area (Å²) in [6.07, 6.45) is 1.97. The van der Waals surface area contributed by atoms with E-state index in [9.17, 15) is 4.79 Å². The van der Waals surface area contributed by atoms with Gasteiger partial charge in [-0.15, -0.1) is 0 Å². The van der Waals surface area contributed by atoms with E-state index in [-0.39, 0.29) is 11.4 Å². The number of rotatable bonds is 4. The molecule has 0 radical (unpaired) electrons. The number of ether oxygens (including phenoxy) is 1. The van der Waals surface area contributed by atoms with Gasteiger partial charge in [-0.25, -0.2) is 0 Å². The lowest BCUT2D eigenvalue weighted by Crippen LogP contribution is -2.25. The molecule has 0 spiro atoms. The van der Waals surface area contributed by atoms with Crippen LogP contribution in [0.25, 0.3) is 0 Å². The van der Waals surface area contributed by atoms with Gasteiger partial charge in [-0.1, -0.05) is 43.7 Å². The summed E-state index contributed by atoms with van der Waals surface area (Å²) < 4.78 is 5.22. The van der Waals surface area contributed by atoms with Crippen LogP contribution in [0.4, 0.5) is 0 Å². The number of hydrogen-bond acceptors (Lipinski definition) is 2. The minimum atomic E-state index is -0.341. The van der Waals surface area contributed by atoms with Gasteiger partial charge in [0.25, 0.3) is 0 Å². The molecule has 2 heteroatoms. The van der Waals surface area contributed by atoms with Crippen molar-refractivity contribution in [3.63, 3.8) is 0 Å². The molecule has 1 aromatic carbocycles. The van der Waals surface area contributed by atoms with Gasteiger partial charge in [-0.3, -0.25) is 4.79 Å². The Morgan fingerprint density at radius 1 is 1.38 bits per heavy atom. The minimum absolute atomic E-state index is 0.0481. The third-order valence-electron chi connectivity index (χ3n) is 3.53. The standard InChI is InChI=1S/C14H18O2/c1-3-11-10-14(11,13(15)16-4-2)12-8-6-5-7-9-12/h5-9,11H,3-4,10H2,1-2H3. The van der Waals surface area contributed by atoms with E-state index in [1.165, 1.54) is 0 Å². The third-order valence-corrected chi connectivity index (χ3v) is 3.53. The van der Waals surface area contributed by atoms with E-state index in [0.717, 1.165) is 18.4 Å². The maximum Gasteiger partial charge on any atom is 0.316 e. The first-order valence-corrected chi connectivity index (χ1v) is 5.98. The number of esters is 1. The fraction of sp³-hybridized carbons (Fsp3) is 0.500. The molecular weight excluding hydrogens is 200 g/mol. The van der Waals surface area contributed by atoms with Gasteiger partial charge in [0.2, 0.25) is 0 Å². The fourth-order valence-corrected chi connectivity index (χ4v) is 2.54. The first-order chi connectivity index (χ1) is 7.75. The zero-order chi connectivity index (χ0) is 11.6. The van der Waals surface area contributed by atoms with Crippen LogP contribution in [0.15, 0.2) is 30.3 Å². The molecule has 0 bridgehead atoms. The SMILES string of the molecule is CCOC(=O)C1(c2ccccc2)CC1CC. The van der Waals surface area contributed by atoms with Crippen molar-refractivity contribution in [2.24, 2.45) is 5.92 Å². The van der Waals surface area contributed by atoms with Gasteiger partial charge in [0.1, 0.15) is 0 Å². The highest BCUT2D eigenvalue weighted by molar-refractivity contribution is 5.87. The van der Waals surface area contributed by atoms with Crippen molar-refractivity contribution in [1.82, 2.24) is 0 Å². The van der Waals surface area contributed by atoms with Crippen LogP contribution < -0.4 is 0 Å². The quantitative estimate of drug-likeness (QED) is 0.726. The Morgan fingerprint density at radius 2 is 2.06 bits per heavy atom. The summed E-state index contributed by atoms with van der Waals surface area (Å²) in [4.78, 5) is 12.1. The van der Waals surface area contributed by atoms with Gasteiger partial charge in [0, 0.05) is 0 Å². The monoisotopic (exact) mass is 218 g/mol. The minimum Gasteiger partial charge on any atom is -0.465 e. The molecule has 16 heavy (non-hydrogen) atoms. The van der Waals surface area contributed by atoms with E-state index in [0.29, 0.717) is 12.5 Å². The van der Waals surface area contributed by atoms with E-state index in [2.05, 4.69) is 6.92 Å². The van der Waals surface area contributed by atoms with Crippen LogP contribution in [-0.4, -0.2) is 12.6 Å². The number of benzene rings is 1. The lowest BCUT2D eigenvalue weighted by atomic mass is 9.92. The van der Waals surface area contributed by atoms with E-state index in [1.807, 2.05) is 37.3 Å². The smallest absolute Gasteiger partial charge is 0.316 e. The van der Waals surface area contributed by atoms with E-state index in [4.69, 9.17) is 4.74 Å². The Hall–Kier alpha value is -1.31. The summed E-state index contributed by atoms with van der Waals surface area (Å²) in [6.45, 7) is 4.46. The molecule has 0 aromatic heterocycles. The summed E-state index contributed by atoms with van der Waals surface area (Å²) in [6, 6.07) is 10.0. The van der Waals surface area contributed by atoms with Gasteiger partial charge < -0.3 is 4.74 Å². The third kappa shape index (κ3) is 1.62. The molecule has 1 aliphatic carbocycles. The highest BCUT2D eigenvalue weighted by Crippen LogP contribution is 2.56. The van der Waals surface area contributed by atoms with Crippen molar-refractivity contribution in [1.29, 1.82) is 0 Å². The largest absolute Gasteiger partial charge is 0.465 e. The normalized spacial score (nSPS) is 27.5. The van der Waals surface area contributed by atoms with Gasteiger partial charge in [0.05, 0.1) is 12.0 Å². The lowest BCUT2D eigenvalue weighted by Gasteiger charge is -2.16. The zero-order valence-corrected chi connectivity index (χ0v) is 9.90. The molecule has 0 aliphatic heterocycles. The van der Waals surface area contributed by atoms with Crippen LogP contribution in [0.2, 0.25) is 0 Å². The maximum absolute atomic E-state index is 12.1. The van der Waals surface area contributed by atoms with Crippen LogP contribution >= 0.6 is 0 Å². The molecule has 1 aromatic rings. The molecule has 2 unspecified atom stereocenters. The number of hydrogen-bond donors (Lipinski definition) is 0. The maximum atomic E-state index is 12.1. The molecule has 2 rings (SSSR count). The second-order valence-corrected chi connectivity index (χ2v) is 4.37. The Bertz CT molecular complexity index is 372. The van der Waals surface area contributed by atoms with E-state index in [1.54, 1.807) is 0 Å². The van der Waals surface area contributed by atoms with Crippen LogP contribution in [0.5, 0.6) is 0 Å². The summed E-state index contributed by atoms with van der Waals surface area (Å²) >= 11 is 0. The molecule has 86 valence electrons. The fourth-order valence-electron chi connectivity index (χ4n) is 2.54. The highest BCUT2D eigenvalue weighted by Gasteiger charge is 2.61. The predicted octanol–water partition coefficient (Wildman–Crippen LogP) is 2.92. The lowest BCUT2D eigenvalue weighted by molar-refractivity contribution is -0.146. The Kier molecular flexibility index (Phi) is 2.99. The van der Waals surface area contributed by atoms with Gasteiger partial charge in [-0.2, -0.15) is 0 Å². The zero-order valence-electron chi connectivity index (χ0n) is 9.90. The predicted molar refractivity (Wildman–Crippen MR) is 63.2 cm³/mol. The van der Waals surface area contributed by atoms with Gasteiger partial charge >= 0.3 is 5.97 Å². The molecule has 1 saturated carbocycles. The summed E-state index contributed by atoms with van der Waals surface area (Å²) in [5, 5.41) is 0. The van der Waals surface area contributed by atoms with Gasteiger partial charge in [-0.05, 0) is 24.8 Å². The first-order valence-electron chi connectivity index (χ1n) is 5.98. The number of carbonyl (C=O) groups excluding carboxylic acids is 1. The average molecular weight is 218 g/mol. The van der Waals surface area contributed by atoms with Crippen molar-refractivity contribution in [3.05, 3.63) is 35.9 Å². The highest BCUT2D eigenvalue weighted by atomic mass is 16.5. The molecule has 0 amide bonds. The van der Waals surface area contributed by atoms with E-state index < -0.39 is 0 Å². The van der Waals surface area contributed by atoms with Crippen LogP contribution in [0, 0.1) is 5.92 Å². The molecule has 1 aliphatic rings. The van der Waals surface area contributed by atoms with Crippen LogP contribution in [0.1, 0.15) is 32.3 Å². The summed E-state index contributed by atoms with van der Waals surface area (Å²) in [5.41, 5.74) is 0.770. The first kappa shape index (κ1) is 11.2. The Labute approximate surface area is 96.6 Å². The molecule has 2 atom stereocenters. The second-order valence-electron chi connectivity index (χ2n) is 4.37. The summed E-state index contributed by atoms with van der Waals surface area (Å²) in [5.74, 6) is 0.405. The Balaban J connectivity index is 2.28. The second kappa shape index (κ2) is 4.28.